The minimum absolute atomic E-state index is 0.0138. The summed E-state index contributed by atoms with van der Waals surface area (Å²) >= 11 is 0. The van der Waals surface area contributed by atoms with Gasteiger partial charge in [-0.1, -0.05) is 63.4 Å². The first-order valence-electron chi connectivity index (χ1n) is 9.51. The van der Waals surface area contributed by atoms with Gasteiger partial charge >= 0.3 is 5.97 Å². The number of carboxylic acids is 1. The van der Waals surface area contributed by atoms with Gasteiger partial charge in [0.2, 0.25) is 0 Å². The molecular weight excluding hydrogens is 420 g/mol. The van der Waals surface area contributed by atoms with Crippen molar-refractivity contribution in [3.05, 3.63) is 0 Å². The molecule has 1 N–H and O–H groups in total. The van der Waals surface area contributed by atoms with Gasteiger partial charge in [-0.05, 0) is 33.1 Å². The van der Waals surface area contributed by atoms with Crippen molar-refractivity contribution in [1.29, 1.82) is 0 Å². The lowest BCUT2D eigenvalue weighted by Crippen LogP contribution is -2.32. The highest BCUT2D eigenvalue weighted by molar-refractivity contribution is 8.77. The number of hydrogen-bond donors (Lipinski definition) is 1. The van der Waals surface area contributed by atoms with E-state index in [4.69, 9.17) is 0 Å². The Morgan fingerprint density at radius 2 is 1.93 bits per heavy atom. The fourth-order valence-electron chi connectivity index (χ4n) is 2.49. The number of carbonyl (C=O) groups is 3. The summed E-state index contributed by atoms with van der Waals surface area (Å²) in [6.07, 6.45) is 4.82. The van der Waals surface area contributed by atoms with Gasteiger partial charge < -0.3 is 5.11 Å². The third-order valence-corrected chi connectivity index (χ3v) is 10.9. The van der Waals surface area contributed by atoms with Crippen LogP contribution in [-0.2, 0) is 14.4 Å². The van der Waals surface area contributed by atoms with E-state index in [1.165, 1.54) is 0 Å². The molecule has 0 aliphatic carbocycles. The normalized spacial score (nSPS) is 24.9. The zero-order valence-corrected chi connectivity index (χ0v) is 20.0. The van der Waals surface area contributed by atoms with Crippen LogP contribution in [-0.4, -0.2) is 44.1 Å². The molecule has 0 bridgehead atoms. The highest BCUT2D eigenvalue weighted by Gasteiger charge is 2.34. The van der Waals surface area contributed by atoms with Crippen molar-refractivity contribution < 1.29 is 19.5 Å². The lowest BCUT2D eigenvalue weighted by atomic mass is 9.97. The maximum atomic E-state index is 12.6. The third-order valence-electron chi connectivity index (χ3n) is 4.56. The minimum Gasteiger partial charge on any atom is -0.481 e. The topological polar surface area (TPSA) is 71.4 Å². The average molecular weight is 453 g/mol. The first-order chi connectivity index (χ1) is 12.6. The van der Waals surface area contributed by atoms with Gasteiger partial charge in [0.05, 0.1) is 10.7 Å². The van der Waals surface area contributed by atoms with Crippen molar-refractivity contribution in [3.8, 4) is 0 Å². The van der Waals surface area contributed by atoms with Crippen LogP contribution in [0.1, 0.15) is 66.2 Å². The van der Waals surface area contributed by atoms with Gasteiger partial charge in [0, 0.05) is 35.5 Å². The van der Waals surface area contributed by atoms with Crippen LogP contribution in [0.3, 0.4) is 0 Å². The van der Waals surface area contributed by atoms with Crippen LogP contribution in [0.4, 0.5) is 0 Å². The van der Waals surface area contributed by atoms with E-state index in [1.54, 1.807) is 43.2 Å². The summed E-state index contributed by atoms with van der Waals surface area (Å²) in [4.78, 5) is 35.8. The van der Waals surface area contributed by atoms with Crippen molar-refractivity contribution in [1.82, 2.24) is 0 Å². The second-order valence-electron chi connectivity index (χ2n) is 7.74. The Balaban J connectivity index is 2.58. The number of hydrogen-bond acceptors (Lipinski definition) is 7. The molecule has 1 heterocycles. The molecule has 2 unspecified atom stereocenters. The molecule has 0 saturated carbocycles. The predicted octanol–water partition coefficient (Wildman–Crippen LogP) is 5.75. The number of carbonyl (C=O) groups excluding carboxylic acids is 2. The lowest BCUT2D eigenvalue weighted by Gasteiger charge is -2.27. The molecule has 8 heteroatoms. The van der Waals surface area contributed by atoms with Gasteiger partial charge in [-0.25, -0.2) is 0 Å². The van der Waals surface area contributed by atoms with E-state index in [2.05, 4.69) is 0 Å². The van der Waals surface area contributed by atoms with Crippen LogP contribution in [0.25, 0.3) is 0 Å². The molecule has 0 aromatic carbocycles. The maximum Gasteiger partial charge on any atom is 0.307 e. The molecule has 2 atom stereocenters. The summed E-state index contributed by atoms with van der Waals surface area (Å²) in [6.45, 7) is 7.70. The van der Waals surface area contributed by atoms with E-state index in [1.807, 2.05) is 27.7 Å². The molecule has 0 aromatic heterocycles. The second kappa shape index (κ2) is 12.7. The fourth-order valence-corrected chi connectivity index (χ4v) is 8.10. The Labute approximate surface area is 179 Å². The van der Waals surface area contributed by atoms with Gasteiger partial charge in [0.1, 0.15) is 11.6 Å². The largest absolute Gasteiger partial charge is 0.481 e. The second-order valence-corrected chi connectivity index (χ2v) is 13.5. The van der Waals surface area contributed by atoms with Crippen LogP contribution in [0.15, 0.2) is 0 Å². The Bertz CT molecular complexity index is 508. The predicted molar refractivity (Wildman–Crippen MR) is 122 cm³/mol. The summed E-state index contributed by atoms with van der Waals surface area (Å²) < 4.78 is -0.582. The average Bonchev–Trinajstić information content (AvgIpc) is 2.59. The number of unbranched alkanes of at least 4 members (excludes halogenated alkanes) is 1. The molecule has 0 radical (unpaired) electrons. The van der Waals surface area contributed by atoms with E-state index in [0.717, 1.165) is 31.4 Å². The third kappa shape index (κ3) is 9.99. The van der Waals surface area contributed by atoms with E-state index < -0.39 is 16.6 Å². The van der Waals surface area contributed by atoms with Crippen LogP contribution < -0.4 is 0 Å². The summed E-state index contributed by atoms with van der Waals surface area (Å²) in [5.74, 6) is 0.439. The van der Waals surface area contributed by atoms with Gasteiger partial charge in [0.15, 0.2) is 0 Å². The highest BCUT2D eigenvalue weighted by Crippen LogP contribution is 2.44. The van der Waals surface area contributed by atoms with Crippen molar-refractivity contribution in [2.75, 3.05) is 11.5 Å². The smallest absolute Gasteiger partial charge is 0.307 e. The molecule has 156 valence electrons. The Morgan fingerprint density at radius 1 is 1.22 bits per heavy atom. The highest BCUT2D eigenvalue weighted by atomic mass is 33.1. The number of aliphatic carboxylic acids is 1. The molecule has 1 saturated heterocycles. The van der Waals surface area contributed by atoms with E-state index in [9.17, 15) is 19.5 Å². The van der Waals surface area contributed by atoms with Crippen LogP contribution in [0.5, 0.6) is 0 Å². The monoisotopic (exact) mass is 452 g/mol. The summed E-state index contributed by atoms with van der Waals surface area (Å²) in [6, 6.07) is 0. The molecule has 0 spiro atoms. The number of ketones is 2. The number of rotatable bonds is 7. The quantitative estimate of drug-likeness (QED) is 0.387. The number of carboxylic acid groups (broad SMARTS) is 1. The first-order valence-corrected chi connectivity index (χ1v) is 14.2. The van der Waals surface area contributed by atoms with Gasteiger partial charge in [-0.3, -0.25) is 14.4 Å². The maximum absolute atomic E-state index is 12.6. The standard InChI is InChI=1S/C19H32O4S4/c1-13(2)16(20)8-6-5-7-15-9-10-24-25-12-14(18(22)23)11-17(21)19(3,4)27-26-15/h13-15H,5-12H2,1-4H3,(H,22,23). The van der Waals surface area contributed by atoms with Crippen molar-refractivity contribution in [2.45, 2.75) is 76.2 Å². The molecule has 4 nitrogen and oxygen atoms in total. The summed E-state index contributed by atoms with van der Waals surface area (Å²) in [5.41, 5.74) is 0. The van der Waals surface area contributed by atoms with Gasteiger partial charge in [-0.2, -0.15) is 0 Å². The van der Waals surface area contributed by atoms with Crippen LogP contribution in [0.2, 0.25) is 0 Å². The molecule has 27 heavy (non-hydrogen) atoms. The molecular formula is C19H32O4S4. The first kappa shape index (κ1) is 25.2. The van der Waals surface area contributed by atoms with E-state index in [-0.39, 0.29) is 18.1 Å². The molecule has 1 aliphatic rings. The van der Waals surface area contributed by atoms with Gasteiger partial charge in [0.25, 0.3) is 0 Å². The van der Waals surface area contributed by atoms with Crippen molar-refractivity contribution in [2.24, 2.45) is 11.8 Å². The van der Waals surface area contributed by atoms with Gasteiger partial charge in [-0.15, -0.1) is 0 Å². The SMILES string of the molecule is CC(C)C(=O)CCCCC1CCSSCC(C(=O)O)CC(=O)C(C)(C)SS1. The molecule has 0 aromatic rings. The Hall–Kier alpha value is 0.210. The lowest BCUT2D eigenvalue weighted by molar-refractivity contribution is -0.143. The van der Waals surface area contributed by atoms with E-state index >= 15 is 0 Å². The minimum atomic E-state index is -0.879. The Kier molecular flexibility index (Phi) is 11.9. The summed E-state index contributed by atoms with van der Waals surface area (Å²) in [7, 11) is 6.62. The molecule has 1 fully saturated rings. The summed E-state index contributed by atoms with van der Waals surface area (Å²) in [5, 5.41) is 9.81. The zero-order valence-electron chi connectivity index (χ0n) is 16.7. The number of Topliss-reactive ketones (excluding diaryl/α,β-unsaturated/α-hetero) is 2. The van der Waals surface area contributed by atoms with Crippen molar-refractivity contribution in [3.63, 3.8) is 0 Å². The van der Waals surface area contributed by atoms with E-state index in [0.29, 0.717) is 23.2 Å². The van der Waals surface area contributed by atoms with Crippen LogP contribution in [0, 0.1) is 11.8 Å². The zero-order chi connectivity index (χ0) is 20.4. The molecule has 1 rings (SSSR count). The Morgan fingerprint density at radius 3 is 2.56 bits per heavy atom. The van der Waals surface area contributed by atoms with Crippen molar-refractivity contribution >= 4 is 60.7 Å². The van der Waals surface area contributed by atoms with Crippen LogP contribution >= 0.6 is 43.2 Å². The fraction of sp³-hybridized carbons (Fsp3) is 0.842. The molecule has 1 aliphatic heterocycles. The molecule has 0 amide bonds.